The summed E-state index contributed by atoms with van der Waals surface area (Å²) in [6.07, 6.45) is 17.7. The minimum atomic E-state index is -0.111. The normalized spacial score (nSPS) is 15.2. The molecule has 0 radical (unpaired) electrons. The monoisotopic (exact) mass is 300 g/mol. The van der Waals surface area contributed by atoms with E-state index in [0.29, 0.717) is 5.75 Å². The third kappa shape index (κ3) is 1.82. The molecule has 0 bridgehead atoms. The predicted octanol–water partition coefficient (Wildman–Crippen LogP) is 2.42. The van der Waals surface area contributed by atoms with Crippen LogP contribution in [0.25, 0.3) is 34.6 Å². The first-order valence-electron chi connectivity index (χ1n) is 7.37. The molecule has 0 saturated heterocycles. The molecule has 1 N–H and O–H groups in total. The second kappa shape index (κ2) is 4.36. The lowest BCUT2D eigenvalue weighted by atomic mass is 10.2. The Morgan fingerprint density at radius 3 is 2.91 bits per heavy atom. The van der Waals surface area contributed by atoms with Crippen LogP contribution in [-0.4, -0.2) is 14.5 Å². The van der Waals surface area contributed by atoms with Gasteiger partial charge in [0.2, 0.25) is 0 Å². The Balaban J connectivity index is 1.89. The molecule has 1 aliphatic heterocycles. The fraction of sp³-hybridized carbons (Fsp3) is 0. The summed E-state index contributed by atoms with van der Waals surface area (Å²) in [5.74, 6) is 0.463. The van der Waals surface area contributed by atoms with Gasteiger partial charge in [-0.1, -0.05) is 30.4 Å². The Hall–Kier alpha value is -3.27. The number of fused-ring (bicyclic) bond motifs is 5. The van der Waals surface area contributed by atoms with Gasteiger partial charge in [-0.15, -0.1) is 0 Å². The van der Waals surface area contributed by atoms with E-state index in [2.05, 4.69) is 28.8 Å². The molecule has 4 heteroatoms. The molecule has 4 heterocycles. The van der Waals surface area contributed by atoms with Crippen molar-refractivity contribution in [3.8, 4) is 5.75 Å². The van der Waals surface area contributed by atoms with E-state index in [0.717, 1.165) is 27.3 Å². The molecule has 3 aromatic heterocycles. The number of hydrogen-bond donors (Lipinski definition) is 1. The SMILES string of the molecule is OC1=CC=c2nc3c(cc2O1)cn1cc2c(cc31)=CC=CC=C2. The lowest BCUT2D eigenvalue weighted by Gasteiger charge is -2.07. The van der Waals surface area contributed by atoms with Gasteiger partial charge in [0, 0.05) is 23.9 Å². The van der Waals surface area contributed by atoms with Crippen molar-refractivity contribution in [2.75, 3.05) is 0 Å². The molecule has 0 unspecified atom stereocenters. The minimum absolute atomic E-state index is 0.111. The number of rotatable bonds is 0. The van der Waals surface area contributed by atoms with E-state index in [-0.39, 0.29) is 5.95 Å². The zero-order valence-corrected chi connectivity index (χ0v) is 12.1. The molecule has 0 amide bonds. The summed E-state index contributed by atoms with van der Waals surface area (Å²) in [5, 5.41) is 12.4. The third-order valence-electron chi connectivity index (χ3n) is 4.12. The number of allylic oxidation sites excluding steroid dienone is 4. The molecule has 110 valence electrons. The Kier molecular flexibility index (Phi) is 2.33. The van der Waals surface area contributed by atoms with E-state index in [1.165, 1.54) is 11.3 Å². The molecule has 2 aliphatic rings. The Morgan fingerprint density at radius 2 is 1.96 bits per heavy atom. The molecule has 0 atom stereocenters. The van der Waals surface area contributed by atoms with Crippen LogP contribution in [0, 0.1) is 0 Å². The quantitative estimate of drug-likeness (QED) is 0.693. The maximum atomic E-state index is 9.49. The number of hydrogen-bond acceptors (Lipinski definition) is 3. The van der Waals surface area contributed by atoms with Gasteiger partial charge < -0.3 is 14.2 Å². The second-order valence-electron chi connectivity index (χ2n) is 5.60. The lowest BCUT2D eigenvalue weighted by molar-refractivity contribution is 0.206. The van der Waals surface area contributed by atoms with Gasteiger partial charge in [0.15, 0.2) is 5.75 Å². The number of pyridine rings is 2. The molecule has 1 aliphatic carbocycles. The number of aromatic nitrogens is 2. The topological polar surface area (TPSA) is 46.8 Å². The molecule has 0 saturated carbocycles. The fourth-order valence-electron chi connectivity index (χ4n) is 3.04. The summed E-state index contributed by atoms with van der Waals surface area (Å²) < 4.78 is 7.42. The van der Waals surface area contributed by atoms with E-state index in [4.69, 9.17) is 9.72 Å². The van der Waals surface area contributed by atoms with Gasteiger partial charge in [-0.2, -0.15) is 0 Å². The molecular formula is C19H12N2O2. The van der Waals surface area contributed by atoms with Crippen LogP contribution < -0.4 is 15.3 Å². The standard InChI is InChI=1S/C19H12N2O2/c22-18-7-6-15-17(23-18)9-14-11-21-10-13-5-3-1-2-4-12(13)8-16(21)19(14)20-15/h1-11,22H. The number of aliphatic hydroxyl groups excluding tert-OH is 1. The first kappa shape index (κ1) is 12.3. The van der Waals surface area contributed by atoms with Crippen molar-refractivity contribution in [3.63, 3.8) is 0 Å². The van der Waals surface area contributed by atoms with Crippen LogP contribution in [0.5, 0.6) is 5.75 Å². The van der Waals surface area contributed by atoms with Crippen LogP contribution in [-0.2, 0) is 0 Å². The number of aliphatic hydroxyl groups is 1. The molecule has 4 nitrogen and oxygen atoms in total. The largest absolute Gasteiger partial charge is 0.481 e. The predicted molar refractivity (Wildman–Crippen MR) is 90.4 cm³/mol. The molecule has 0 fully saturated rings. The van der Waals surface area contributed by atoms with Crippen LogP contribution in [0.1, 0.15) is 5.56 Å². The van der Waals surface area contributed by atoms with E-state index in [1.807, 2.05) is 30.5 Å². The van der Waals surface area contributed by atoms with E-state index in [9.17, 15) is 5.11 Å². The fourth-order valence-corrected chi connectivity index (χ4v) is 3.04. The van der Waals surface area contributed by atoms with Crippen LogP contribution >= 0.6 is 0 Å². The Bertz CT molecular complexity index is 1190. The maximum absolute atomic E-state index is 9.49. The van der Waals surface area contributed by atoms with Gasteiger partial charge in [0.25, 0.3) is 5.95 Å². The summed E-state index contributed by atoms with van der Waals surface area (Å²) in [5.41, 5.74) is 3.13. The van der Waals surface area contributed by atoms with E-state index in [1.54, 1.807) is 6.08 Å². The molecule has 5 rings (SSSR count). The van der Waals surface area contributed by atoms with Crippen LogP contribution in [0.4, 0.5) is 0 Å². The van der Waals surface area contributed by atoms with Gasteiger partial charge in [0.05, 0.1) is 11.0 Å². The first-order valence-corrected chi connectivity index (χ1v) is 7.37. The van der Waals surface area contributed by atoms with E-state index >= 15 is 0 Å². The summed E-state index contributed by atoms with van der Waals surface area (Å²) in [6.45, 7) is 0. The molecule has 23 heavy (non-hydrogen) atoms. The summed E-state index contributed by atoms with van der Waals surface area (Å²) >= 11 is 0. The molecule has 0 spiro atoms. The van der Waals surface area contributed by atoms with Gasteiger partial charge in [0.1, 0.15) is 5.35 Å². The van der Waals surface area contributed by atoms with Crippen molar-refractivity contribution >= 4 is 34.6 Å². The summed E-state index contributed by atoms with van der Waals surface area (Å²) in [7, 11) is 0. The van der Waals surface area contributed by atoms with Gasteiger partial charge >= 0.3 is 0 Å². The average molecular weight is 300 g/mol. The van der Waals surface area contributed by atoms with Crippen molar-refractivity contribution in [3.05, 3.63) is 70.9 Å². The smallest absolute Gasteiger partial charge is 0.282 e. The van der Waals surface area contributed by atoms with Crippen LogP contribution in [0.3, 0.4) is 0 Å². The number of ether oxygens (including phenoxy) is 1. The van der Waals surface area contributed by atoms with Gasteiger partial charge in [-0.25, -0.2) is 4.98 Å². The maximum Gasteiger partial charge on any atom is 0.282 e. The van der Waals surface area contributed by atoms with E-state index < -0.39 is 0 Å². The summed E-state index contributed by atoms with van der Waals surface area (Å²) in [4.78, 5) is 4.70. The Morgan fingerprint density at radius 1 is 1.00 bits per heavy atom. The molecule has 3 aromatic rings. The third-order valence-corrected chi connectivity index (χ3v) is 4.12. The highest BCUT2D eigenvalue weighted by Gasteiger charge is 2.12. The van der Waals surface area contributed by atoms with Gasteiger partial charge in [-0.3, -0.25) is 0 Å². The van der Waals surface area contributed by atoms with Crippen LogP contribution in [0.2, 0.25) is 0 Å². The zero-order valence-electron chi connectivity index (χ0n) is 12.1. The highest BCUT2D eigenvalue weighted by molar-refractivity contribution is 5.95. The molecule has 0 aromatic carbocycles. The zero-order chi connectivity index (χ0) is 15.4. The van der Waals surface area contributed by atoms with Crippen molar-refractivity contribution < 1.29 is 9.84 Å². The average Bonchev–Trinajstić information content (AvgIpc) is 2.73. The number of nitrogens with zero attached hydrogens (tertiary/aromatic N) is 2. The first-order chi connectivity index (χ1) is 11.3. The van der Waals surface area contributed by atoms with Crippen molar-refractivity contribution in [2.45, 2.75) is 0 Å². The highest BCUT2D eigenvalue weighted by Crippen LogP contribution is 2.23. The second-order valence-corrected chi connectivity index (χ2v) is 5.60. The molecular weight excluding hydrogens is 288 g/mol. The lowest BCUT2D eigenvalue weighted by Crippen LogP contribution is -2.15. The van der Waals surface area contributed by atoms with Crippen molar-refractivity contribution in [1.29, 1.82) is 0 Å². The van der Waals surface area contributed by atoms with Crippen molar-refractivity contribution in [2.24, 2.45) is 0 Å². The van der Waals surface area contributed by atoms with Crippen molar-refractivity contribution in [1.82, 2.24) is 9.38 Å². The van der Waals surface area contributed by atoms with Crippen LogP contribution in [0.15, 0.2) is 54.8 Å². The summed E-state index contributed by atoms with van der Waals surface area (Å²) in [6, 6.07) is 4.06. The highest BCUT2D eigenvalue weighted by atomic mass is 16.6. The Labute approximate surface area is 131 Å². The minimum Gasteiger partial charge on any atom is -0.481 e. The van der Waals surface area contributed by atoms with Gasteiger partial charge in [-0.05, 0) is 29.0 Å².